The van der Waals surface area contributed by atoms with Gasteiger partial charge in [0.1, 0.15) is 5.75 Å². The molecule has 3 atom stereocenters. The summed E-state index contributed by atoms with van der Waals surface area (Å²) in [5, 5.41) is 0. The van der Waals surface area contributed by atoms with E-state index in [1.807, 2.05) is 18.2 Å². The fourth-order valence-electron chi connectivity index (χ4n) is 4.60. The van der Waals surface area contributed by atoms with E-state index in [2.05, 4.69) is 31.9 Å². The molecule has 3 rings (SSSR count). The van der Waals surface area contributed by atoms with Crippen LogP contribution >= 0.6 is 0 Å². The second kappa shape index (κ2) is 6.96. The van der Waals surface area contributed by atoms with Crippen LogP contribution in [0.5, 0.6) is 5.75 Å². The summed E-state index contributed by atoms with van der Waals surface area (Å²) in [6.07, 6.45) is 1.54. The predicted octanol–water partition coefficient (Wildman–Crippen LogP) is 2.40. The highest BCUT2D eigenvalue weighted by molar-refractivity contribution is 5.77. The Labute approximate surface area is 150 Å². The number of carbonyl (C=O) groups excluding carboxylic acids is 1. The molecular weight excluding hydrogens is 316 g/mol. The Balaban J connectivity index is 1.67. The number of likely N-dealkylation sites (N-methyl/N-ethyl adjacent to an activating group) is 1. The molecule has 0 bridgehead atoms. The third-order valence-corrected chi connectivity index (χ3v) is 5.76. The van der Waals surface area contributed by atoms with E-state index < -0.39 is 0 Å². The molecule has 25 heavy (non-hydrogen) atoms. The zero-order chi connectivity index (χ0) is 18.2. The van der Waals surface area contributed by atoms with Gasteiger partial charge < -0.3 is 14.4 Å². The van der Waals surface area contributed by atoms with E-state index >= 15 is 0 Å². The predicted molar refractivity (Wildman–Crippen MR) is 97.5 cm³/mol. The lowest BCUT2D eigenvalue weighted by Gasteiger charge is -2.58. The number of para-hydroxylation sites is 1. The SMILES string of the molecule is CN(C)C(=O)COc1ccccc1CN(C)[C@@H]1[C@@H]2CCO[C@@H]2C1(C)C. The number of hydrogen-bond acceptors (Lipinski definition) is 4. The Morgan fingerprint density at radius 1 is 1.28 bits per heavy atom. The molecule has 1 aliphatic carbocycles. The van der Waals surface area contributed by atoms with Crippen molar-refractivity contribution in [2.75, 3.05) is 34.4 Å². The van der Waals surface area contributed by atoms with E-state index in [0.717, 1.165) is 30.9 Å². The number of fused-ring (bicyclic) bond motifs is 1. The summed E-state index contributed by atoms with van der Waals surface area (Å²) in [4.78, 5) is 15.8. The number of carbonyl (C=O) groups is 1. The Kier molecular flexibility index (Phi) is 5.07. The Bertz CT molecular complexity index is 629. The van der Waals surface area contributed by atoms with E-state index in [-0.39, 0.29) is 17.9 Å². The van der Waals surface area contributed by atoms with Crippen molar-refractivity contribution in [3.8, 4) is 5.75 Å². The van der Waals surface area contributed by atoms with E-state index in [1.54, 1.807) is 19.0 Å². The van der Waals surface area contributed by atoms with Crippen molar-refractivity contribution in [1.82, 2.24) is 9.80 Å². The van der Waals surface area contributed by atoms with Crippen LogP contribution in [0.2, 0.25) is 0 Å². The zero-order valence-electron chi connectivity index (χ0n) is 16.0. The zero-order valence-corrected chi connectivity index (χ0v) is 16.0. The van der Waals surface area contributed by atoms with Gasteiger partial charge in [-0.25, -0.2) is 0 Å². The van der Waals surface area contributed by atoms with Crippen molar-refractivity contribution in [3.63, 3.8) is 0 Å². The second-order valence-electron chi connectivity index (χ2n) is 8.11. The van der Waals surface area contributed by atoms with Crippen molar-refractivity contribution in [2.45, 2.75) is 39.0 Å². The second-order valence-corrected chi connectivity index (χ2v) is 8.11. The van der Waals surface area contributed by atoms with Gasteiger partial charge in [0, 0.05) is 50.2 Å². The van der Waals surface area contributed by atoms with Crippen LogP contribution in [-0.4, -0.2) is 62.2 Å². The maximum Gasteiger partial charge on any atom is 0.259 e. The number of hydrogen-bond donors (Lipinski definition) is 0. The molecule has 0 aromatic heterocycles. The first-order valence-corrected chi connectivity index (χ1v) is 9.05. The highest BCUT2D eigenvalue weighted by Gasteiger charge is 2.60. The lowest BCUT2D eigenvalue weighted by molar-refractivity contribution is -0.151. The molecule has 0 radical (unpaired) electrons. The van der Waals surface area contributed by atoms with Gasteiger partial charge in [-0.3, -0.25) is 9.69 Å². The van der Waals surface area contributed by atoms with Crippen molar-refractivity contribution in [1.29, 1.82) is 0 Å². The Morgan fingerprint density at radius 2 is 2.00 bits per heavy atom. The fourth-order valence-corrected chi connectivity index (χ4v) is 4.60. The van der Waals surface area contributed by atoms with Crippen molar-refractivity contribution >= 4 is 5.91 Å². The molecule has 5 heteroatoms. The molecule has 1 saturated heterocycles. The number of ether oxygens (including phenoxy) is 2. The van der Waals surface area contributed by atoms with Gasteiger partial charge >= 0.3 is 0 Å². The van der Waals surface area contributed by atoms with Crippen molar-refractivity contribution < 1.29 is 14.3 Å². The summed E-state index contributed by atoms with van der Waals surface area (Å²) in [6.45, 7) is 6.37. The van der Waals surface area contributed by atoms with Crippen LogP contribution in [0.15, 0.2) is 24.3 Å². The monoisotopic (exact) mass is 346 g/mol. The van der Waals surface area contributed by atoms with Crippen LogP contribution in [0.25, 0.3) is 0 Å². The first-order valence-electron chi connectivity index (χ1n) is 9.05. The number of benzene rings is 1. The summed E-state index contributed by atoms with van der Waals surface area (Å²) in [6, 6.07) is 8.51. The molecule has 1 aromatic carbocycles. The quantitative estimate of drug-likeness (QED) is 0.793. The highest BCUT2D eigenvalue weighted by Crippen LogP contribution is 2.54. The molecular formula is C20H30N2O3. The molecule has 1 amide bonds. The minimum atomic E-state index is -0.0331. The van der Waals surface area contributed by atoms with Gasteiger partial charge in [0.15, 0.2) is 6.61 Å². The topological polar surface area (TPSA) is 42.0 Å². The summed E-state index contributed by atoms with van der Waals surface area (Å²) in [5.41, 5.74) is 1.29. The summed E-state index contributed by atoms with van der Waals surface area (Å²) in [7, 11) is 5.66. The van der Waals surface area contributed by atoms with Gasteiger partial charge in [-0.2, -0.15) is 0 Å². The van der Waals surface area contributed by atoms with Gasteiger partial charge in [0.05, 0.1) is 6.10 Å². The van der Waals surface area contributed by atoms with Crippen LogP contribution in [0.1, 0.15) is 25.8 Å². The van der Waals surface area contributed by atoms with Gasteiger partial charge in [0.25, 0.3) is 5.91 Å². The van der Waals surface area contributed by atoms with Gasteiger partial charge in [-0.05, 0) is 19.5 Å². The summed E-state index contributed by atoms with van der Waals surface area (Å²) < 4.78 is 11.7. The average Bonchev–Trinajstić information content (AvgIpc) is 2.99. The standard InChI is InChI=1S/C20H30N2O3/c1-20(2)18(15-10-11-24-19(15)20)22(5)12-14-8-6-7-9-16(14)25-13-17(23)21(3)4/h6-9,15,18-19H,10-13H2,1-5H3/t15-,18+,19-/m0/s1. The normalized spacial score (nSPS) is 26.9. The van der Waals surface area contributed by atoms with E-state index in [9.17, 15) is 4.79 Å². The number of nitrogens with zero attached hydrogens (tertiary/aromatic N) is 2. The third-order valence-electron chi connectivity index (χ3n) is 5.76. The molecule has 1 heterocycles. The maximum absolute atomic E-state index is 11.8. The van der Waals surface area contributed by atoms with Crippen LogP contribution in [0.4, 0.5) is 0 Å². The number of amides is 1. The van der Waals surface area contributed by atoms with Gasteiger partial charge in [0.2, 0.25) is 0 Å². The van der Waals surface area contributed by atoms with Crippen LogP contribution in [0.3, 0.4) is 0 Å². The van der Waals surface area contributed by atoms with Crippen LogP contribution < -0.4 is 4.74 Å². The molecule has 1 aromatic rings. The molecule has 2 fully saturated rings. The average molecular weight is 346 g/mol. The molecule has 0 unspecified atom stereocenters. The van der Waals surface area contributed by atoms with E-state index in [0.29, 0.717) is 18.1 Å². The lowest BCUT2D eigenvalue weighted by atomic mass is 9.57. The van der Waals surface area contributed by atoms with Gasteiger partial charge in [-0.15, -0.1) is 0 Å². The largest absolute Gasteiger partial charge is 0.483 e. The lowest BCUT2D eigenvalue weighted by Crippen LogP contribution is -2.65. The maximum atomic E-state index is 11.8. The smallest absolute Gasteiger partial charge is 0.259 e. The molecule has 5 nitrogen and oxygen atoms in total. The molecule has 2 aliphatic rings. The van der Waals surface area contributed by atoms with E-state index in [1.165, 1.54) is 0 Å². The van der Waals surface area contributed by atoms with Crippen molar-refractivity contribution in [3.05, 3.63) is 29.8 Å². The van der Waals surface area contributed by atoms with Crippen molar-refractivity contribution in [2.24, 2.45) is 11.3 Å². The highest BCUT2D eigenvalue weighted by atomic mass is 16.5. The Morgan fingerprint density at radius 3 is 2.72 bits per heavy atom. The minimum Gasteiger partial charge on any atom is -0.483 e. The summed E-state index contributed by atoms with van der Waals surface area (Å²) in [5.74, 6) is 1.39. The molecule has 0 spiro atoms. The molecule has 1 aliphatic heterocycles. The van der Waals surface area contributed by atoms with Gasteiger partial charge in [-0.1, -0.05) is 32.0 Å². The van der Waals surface area contributed by atoms with E-state index in [4.69, 9.17) is 9.47 Å². The first kappa shape index (κ1) is 18.2. The van der Waals surface area contributed by atoms with Crippen LogP contribution in [0, 0.1) is 11.3 Å². The Hall–Kier alpha value is -1.59. The number of rotatable bonds is 6. The molecule has 138 valence electrons. The minimum absolute atomic E-state index is 0.0331. The fraction of sp³-hybridized carbons (Fsp3) is 0.650. The summed E-state index contributed by atoms with van der Waals surface area (Å²) >= 11 is 0. The third kappa shape index (κ3) is 3.40. The molecule has 0 N–H and O–H groups in total. The first-order chi connectivity index (χ1) is 11.8. The van der Waals surface area contributed by atoms with Crippen LogP contribution in [-0.2, 0) is 16.1 Å². The molecule has 1 saturated carbocycles.